The van der Waals surface area contributed by atoms with Gasteiger partial charge in [0.1, 0.15) is 0 Å². The van der Waals surface area contributed by atoms with Gasteiger partial charge in [0.15, 0.2) is 0 Å². The van der Waals surface area contributed by atoms with Crippen LogP contribution in [0.4, 0.5) is 0 Å². The molecule has 1 atom stereocenters. The second-order valence-corrected chi connectivity index (χ2v) is 5.38. The molecule has 2 heterocycles. The summed E-state index contributed by atoms with van der Waals surface area (Å²) in [7, 11) is 2.20. The van der Waals surface area contributed by atoms with Gasteiger partial charge in [-0.1, -0.05) is 6.42 Å². The maximum absolute atomic E-state index is 4.05. The van der Waals surface area contributed by atoms with Gasteiger partial charge in [-0.25, -0.2) is 0 Å². The number of hydrogen-bond donors (Lipinski definition) is 1. The average Bonchev–Trinajstić information content (AvgIpc) is 2.41. The van der Waals surface area contributed by atoms with Crippen LogP contribution in [0, 0.1) is 0 Å². The van der Waals surface area contributed by atoms with Gasteiger partial charge in [0.05, 0.1) is 0 Å². The number of piperidine rings is 1. The van der Waals surface area contributed by atoms with Gasteiger partial charge in [-0.3, -0.25) is 4.98 Å². The minimum atomic E-state index is 0.771. The lowest BCUT2D eigenvalue weighted by Gasteiger charge is -2.24. The van der Waals surface area contributed by atoms with E-state index in [2.05, 4.69) is 34.4 Å². The fraction of sp³-hybridized carbons (Fsp3) is 0.667. The van der Waals surface area contributed by atoms with Gasteiger partial charge in [-0.05, 0) is 63.5 Å². The van der Waals surface area contributed by atoms with E-state index < -0.39 is 0 Å². The van der Waals surface area contributed by atoms with Crippen molar-refractivity contribution in [3.63, 3.8) is 0 Å². The molecule has 1 unspecified atom stereocenters. The summed E-state index contributed by atoms with van der Waals surface area (Å²) >= 11 is 0. The van der Waals surface area contributed by atoms with Crippen LogP contribution in [0.3, 0.4) is 0 Å². The first kappa shape index (κ1) is 13.5. The molecule has 1 aromatic rings. The number of nitrogens with one attached hydrogen (secondary N) is 1. The van der Waals surface area contributed by atoms with Crippen molar-refractivity contribution >= 4 is 0 Å². The maximum Gasteiger partial charge on any atom is 0.0271 e. The Kier molecular flexibility index (Phi) is 5.62. The topological polar surface area (TPSA) is 28.2 Å². The first-order chi connectivity index (χ1) is 8.84. The van der Waals surface area contributed by atoms with Crippen molar-refractivity contribution in [2.45, 2.75) is 44.7 Å². The van der Waals surface area contributed by atoms with E-state index in [1.165, 1.54) is 50.8 Å². The lowest BCUT2D eigenvalue weighted by atomic mass is 10.0. The maximum atomic E-state index is 4.05. The van der Waals surface area contributed by atoms with E-state index in [9.17, 15) is 0 Å². The fourth-order valence-electron chi connectivity index (χ4n) is 2.66. The summed E-state index contributed by atoms with van der Waals surface area (Å²) in [6, 6.07) is 4.96. The molecule has 1 fully saturated rings. The van der Waals surface area contributed by atoms with Gasteiger partial charge < -0.3 is 10.2 Å². The smallest absolute Gasteiger partial charge is 0.0271 e. The number of aromatic nitrogens is 1. The zero-order valence-corrected chi connectivity index (χ0v) is 11.4. The number of pyridine rings is 1. The molecule has 18 heavy (non-hydrogen) atoms. The van der Waals surface area contributed by atoms with Crippen LogP contribution in [0.1, 0.15) is 37.7 Å². The van der Waals surface area contributed by atoms with Crippen LogP contribution in [-0.2, 0) is 6.54 Å². The molecule has 1 N–H and O–H groups in total. The molecular weight excluding hydrogens is 222 g/mol. The first-order valence-electron chi connectivity index (χ1n) is 7.15. The predicted molar refractivity (Wildman–Crippen MR) is 75.4 cm³/mol. The van der Waals surface area contributed by atoms with Crippen molar-refractivity contribution in [1.29, 1.82) is 0 Å². The lowest BCUT2D eigenvalue weighted by molar-refractivity contribution is 0.297. The molecule has 0 saturated carbocycles. The van der Waals surface area contributed by atoms with Gasteiger partial charge in [0.2, 0.25) is 0 Å². The normalized spacial score (nSPS) is 20.2. The van der Waals surface area contributed by atoms with Crippen LogP contribution in [0.5, 0.6) is 0 Å². The summed E-state index contributed by atoms with van der Waals surface area (Å²) in [5.41, 5.74) is 1.35. The molecular formula is C15H25N3. The van der Waals surface area contributed by atoms with Crippen LogP contribution >= 0.6 is 0 Å². The number of nitrogens with zero attached hydrogens (tertiary/aromatic N) is 2. The molecule has 1 aliphatic rings. The second kappa shape index (κ2) is 7.49. The highest BCUT2D eigenvalue weighted by Crippen LogP contribution is 2.12. The molecule has 0 aromatic carbocycles. The Morgan fingerprint density at radius 3 is 2.89 bits per heavy atom. The van der Waals surface area contributed by atoms with Gasteiger partial charge in [0, 0.05) is 25.0 Å². The fourth-order valence-corrected chi connectivity index (χ4v) is 2.66. The molecule has 3 heteroatoms. The third kappa shape index (κ3) is 4.75. The van der Waals surface area contributed by atoms with Crippen molar-refractivity contribution in [1.82, 2.24) is 15.2 Å². The molecule has 0 radical (unpaired) electrons. The molecule has 3 nitrogen and oxygen atoms in total. The zero-order valence-electron chi connectivity index (χ0n) is 11.4. The van der Waals surface area contributed by atoms with Crippen LogP contribution in [0.25, 0.3) is 0 Å². The second-order valence-electron chi connectivity index (χ2n) is 5.38. The molecule has 0 amide bonds. The van der Waals surface area contributed by atoms with Crippen LogP contribution in [0.15, 0.2) is 24.5 Å². The van der Waals surface area contributed by atoms with Gasteiger partial charge in [0.25, 0.3) is 0 Å². The largest absolute Gasteiger partial charge is 0.314 e. The van der Waals surface area contributed by atoms with Gasteiger partial charge in [-0.15, -0.1) is 0 Å². The molecule has 1 aromatic heterocycles. The Hall–Kier alpha value is -0.930. The Bertz CT molecular complexity index is 320. The highest BCUT2D eigenvalue weighted by molar-refractivity contribution is 5.09. The molecule has 2 rings (SSSR count). The van der Waals surface area contributed by atoms with Crippen molar-refractivity contribution < 1.29 is 0 Å². The van der Waals surface area contributed by atoms with E-state index in [1.54, 1.807) is 0 Å². The van der Waals surface area contributed by atoms with Gasteiger partial charge in [-0.2, -0.15) is 0 Å². The molecule has 0 aliphatic carbocycles. The van der Waals surface area contributed by atoms with E-state index in [1.807, 2.05) is 12.4 Å². The minimum Gasteiger partial charge on any atom is -0.314 e. The summed E-state index contributed by atoms with van der Waals surface area (Å²) in [5, 5.41) is 3.62. The van der Waals surface area contributed by atoms with Crippen molar-refractivity contribution in [2.75, 3.05) is 20.1 Å². The summed E-state index contributed by atoms with van der Waals surface area (Å²) in [4.78, 5) is 6.45. The van der Waals surface area contributed by atoms with E-state index in [-0.39, 0.29) is 0 Å². The third-order valence-electron chi connectivity index (χ3n) is 3.71. The molecule has 100 valence electrons. The average molecular weight is 247 g/mol. The van der Waals surface area contributed by atoms with Crippen molar-refractivity contribution in [3.8, 4) is 0 Å². The van der Waals surface area contributed by atoms with E-state index in [4.69, 9.17) is 0 Å². The Morgan fingerprint density at radius 1 is 1.33 bits per heavy atom. The van der Waals surface area contributed by atoms with Crippen molar-refractivity contribution in [3.05, 3.63) is 30.1 Å². The SMILES string of the molecule is CN(CCCC1CCCCN1)Cc1ccncc1. The van der Waals surface area contributed by atoms with Gasteiger partial charge >= 0.3 is 0 Å². The Balaban J connectivity index is 1.61. The van der Waals surface area contributed by atoms with Crippen molar-refractivity contribution in [2.24, 2.45) is 0 Å². The van der Waals surface area contributed by atoms with Crippen LogP contribution < -0.4 is 5.32 Å². The predicted octanol–water partition coefficient (Wildman–Crippen LogP) is 2.44. The zero-order chi connectivity index (χ0) is 12.6. The number of rotatable bonds is 6. The molecule has 1 aliphatic heterocycles. The Labute approximate surface area is 111 Å². The highest BCUT2D eigenvalue weighted by Gasteiger charge is 2.12. The van der Waals surface area contributed by atoms with E-state index in [0.717, 1.165) is 12.6 Å². The highest BCUT2D eigenvalue weighted by atomic mass is 15.1. The molecule has 1 saturated heterocycles. The monoisotopic (exact) mass is 247 g/mol. The molecule has 0 bridgehead atoms. The lowest BCUT2D eigenvalue weighted by Crippen LogP contribution is -2.34. The van der Waals surface area contributed by atoms with E-state index >= 15 is 0 Å². The standard InChI is InChI=1S/C15H25N3/c1-18(13-14-7-10-16-11-8-14)12-4-6-15-5-2-3-9-17-15/h7-8,10-11,15,17H,2-6,9,12-13H2,1H3. The Morgan fingerprint density at radius 2 is 2.17 bits per heavy atom. The first-order valence-corrected chi connectivity index (χ1v) is 7.15. The summed E-state index contributed by atoms with van der Waals surface area (Å²) in [6.07, 6.45) is 10.5. The van der Waals surface area contributed by atoms with Crippen LogP contribution in [-0.4, -0.2) is 36.1 Å². The summed E-state index contributed by atoms with van der Waals surface area (Å²) in [5.74, 6) is 0. The molecule has 0 spiro atoms. The third-order valence-corrected chi connectivity index (χ3v) is 3.71. The summed E-state index contributed by atoms with van der Waals surface area (Å²) < 4.78 is 0. The van der Waals surface area contributed by atoms with Crippen LogP contribution in [0.2, 0.25) is 0 Å². The quantitative estimate of drug-likeness (QED) is 0.837. The van der Waals surface area contributed by atoms with E-state index in [0.29, 0.717) is 0 Å². The minimum absolute atomic E-state index is 0.771. The summed E-state index contributed by atoms with van der Waals surface area (Å²) in [6.45, 7) is 3.43. The number of hydrogen-bond acceptors (Lipinski definition) is 3.